The first-order valence-electron chi connectivity index (χ1n) is 11.9. The van der Waals surface area contributed by atoms with Crippen molar-refractivity contribution in [3.8, 4) is 0 Å². The molecule has 2 unspecified atom stereocenters. The summed E-state index contributed by atoms with van der Waals surface area (Å²) in [6.07, 6.45) is 0.796. The number of amides is 1. The van der Waals surface area contributed by atoms with Crippen molar-refractivity contribution in [2.24, 2.45) is 0 Å². The minimum absolute atomic E-state index is 0.0688. The fourth-order valence-electron chi connectivity index (χ4n) is 4.46. The lowest BCUT2D eigenvalue weighted by Gasteiger charge is -2.36. The summed E-state index contributed by atoms with van der Waals surface area (Å²) in [5.74, 6) is -0.550. The van der Waals surface area contributed by atoms with Crippen LogP contribution >= 0.6 is 11.6 Å². The Morgan fingerprint density at radius 2 is 1.81 bits per heavy atom. The van der Waals surface area contributed by atoms with Crippen molar-refractivity contribution < 1.29 is 24.2 Å². The van der Waals surface area contributed by atoms with Gasteiger partial charge in [-0.05, 0) is 41.0 Å². The number of ether oxygens (including phenoxy) is 2. The number of benzene rings is 3. The van der Waals surface area contributed by atoms with Crippen LogP contribution in [0.5, 0.6) is 0 Å². The SMILES string of the molecule is O=C(OCc1cn(C2CCN(C(=O)O)CC2OCc2ccc3ccccc3c2)nn1)c1ccccc1Cl. The first-order chi connectivity index (χ1) is 18.0. The molecule has 0 aliphatic carbocycles. The summed E-state index contributed by atoms with van der Waals surface area (Å²) >= 11 is 6.07. The van der Waals surface area contributed by atoms with E-state index in [1.165, 1.54) is 4.90 Å². The van der Waals surface area contributed by atoms with Crippen molar-refractivity contribution in [3.05, 3.63) is 94.8 Å². The monoisotopic (exact) mass is 520 g/mol. The van der Waals surface area contributed by atoms with Crippen LogP contribution in [0.3, 0.4) is 0 Å². The molecule has 1 aliphatic heterocycles. The Morgan fingerprint density at radius 1 is 1.03 bits per heavy atom. The number of hydrogen-bond donors (Lipinski definition) is 1. The molecule has 2 heterocycles. The van der Waals surface area contributed by atoms with Gasteiger partial charge in [0.15, 0.2) is 0 Å². The Bertz CT molecular complexity index is 1420. The minimum Gasteiger partial charge on any atom is -0.465 e. The van der Waals surface area contributed by atoms with E-state index in [4.69, 9.17) is 21.1 Å². The maximum Gasteiger partial charge on any atom is 0.407 e. The Balaban J connectivity index is 1.27. The summed E-state index contributed by atoms with van der Waals surface area (Å²) in [7, 11) is 0. The highest BCUT2D eigenvalue weighted by Gasteiger charge is 2.34. The van der Waals surface area contributed by atoms with Crippen LogP contribution in [0, 0.1) is 0 Å². The van der Waals surface area contributed by atoms with E-state index in [9.17, 15) is 14.7 Å². The lowest BCUT2D eigenvalue weighted by molar-refractivity contribution is -0.0400. The van der Waals surface area contributed by atoms with Gasteiger partial charge in [-0.3, -0.25) is 0 Å². The molecule has 10 heteroatoms. The number of aromatic nitrogens is 3. The second kappa shape index (κ2) is 11.0. The van der Waals surface area contributed by atoms with Crippen LogP contribution in [0.15, 0.2) is 72.9 Å². The van der Waals surface area contributed by atoms with E-state index in [1.54, 1.807) is 35.1 Å². The van der Waals surface area contributed by atoms with Gasteiger partial charge in [-0.25, -0.2) is 14.3 Å². The van der Waals surface area contributed by atoms with Gasteiger partial charge in [-0.15, -0.1) is 5.10 Å². The van der Waals surface area contributed by atoms with Crippen molar-refractivity contribution in [2.75, 3.05) is 13.1 Å². The highest BCUT2D eigenvalue weighted by Crippen LogP contribution is 2.27. The summed E-state index contributed by atoms with van der Waals surface area (Å²) in [5, 5.41) is 20.5. The van der Waals surface area contributed by atoms with E-state index < -0.39 is 18.2 Å². The Kier molecular flexibility index (Phi) is 7.34. The third kappa shape index (κ3) is 5.73. The van der Waals surface area contributed by atoms with Crippen LogP contribution in [0.25, 0.3) is 10.8 Å². The second-order valence-corrected chi connectivity index (χ2v) is 9.27. The number of nitrogens with zero attached hydrogens (tertiary/aromatic N) is 4. The van der Waals surface area contributed by atoms with Gasteiger partial charge in [0, 0.05) is 6.54 Å². The first kappa shape index (κ1) is 24.7. The van der Waals surface area contributed by atoms with Crippen LogP contribution < -0.4 is 0 Å². The molecule has 3 aromatic carbocycles. The largest absolute Gasteiger partial charge is 0.465 e. The van der Waals surface area contributed by atoms with Crippen LogP contribution in [-0.4, -0.2) is 56.3 Å². The maximum absolute atomic E-state index is 12.4. The zero-order valence-corrected chi connectivity index (χ0v) is 20.6. The molecule has 4 aromatic rings. The molecule has 2 atom stereocenters. The predicted molar refractivity (Wildman–Crippen MR) is 136 cm³/mol. The summed E-state index contributed by atoms with van der Waals surface area (Å²) in [5.41, 5.74) is 1.74. The Morgan fingerprint density at radius 3 is 2.62 bits per heavy atom. The number of carboxylic acid groups (broad SMARTS) is 1. The molecule has 1 N–H and O–H groups in total. The Labute approximate surface area is 218 Å². The molecule has 0 spiro atoms. The molecule has 1 aromatic heterocycles. The molecule has 1 fully saturated rings. The number of carbonyl (C=O) groups is 2. The first-order valence-corrected chi connectivity index (χ1v) is 12.3. The van der Waals surface area contributed by atoms with Gasteiger partial charge < -0.3 is 19.5 Å². The van der Waals surface area contributed by atoms with E-state index in [0.29, 0.717) is 30.3 Å². The topological polar surface area (TPSA) is 107 Å². The smallest absolute Gasteiger partial charge is 0.407 e. The van der Waals surface area contributed by atoms with Crippen molar-refractivity contribution in [3.63, 3.8) is 0 Å². The zero-order valence-electron chi connectivity index (χ0n) is 19.9. The van der Waals surface area contributed by atoms with Gasteiger partial charge in [-0.2, -0.15) is 0 Å². The fraction of sp³-hybridized carbons (Fsp3) is 0.259. The van der Waals surface area contributed by atoms with Crippen LogP contribution in [0.2, 0.25) is 5.02 Å². The number of likely N-dealkylation sites (tertiary alicyclic amines) is 1. The van der Waals surface area contributed by atoms with Crippen LogP contribution in [0.1, 0.15) is 34.1 Å². The second-order valence-electron chi connectivity index (χ2n) is 8.86. The van der Waals surface area contributed by atoms with Crippen molar-refractivity contribution >= 4 is 34.4 Å². The standard InChI is InChI=1S/C27H25ClN4O5/c28-23-8-4-3-7-22(23)26(33)37-17-21-14-32(30-29-21)24-11-12-31(27(34)35)15-25(24)36-16-18-9-10-19-5-1-2-6-20(19)13-18/h1-10,13-14,24-25H,11-12,15-17H2,(H,34,35). The molecule has 0 bridgehead atoms. The normalized spacial score (nSPS) is 17.6. The average Bonchev–Trinajstić information content (AvgIpc) is 3.39. The summed E-state index contributed by atoms with van der Waals surface area (Å²) in [6.45, 7) is 0.827. The third-order valence-corrected chi connectivity index (χ3v) is 6.74. The molecular weight excluding hydrogens is 496 g/mol. The Hall–Kier alpha value is -3.95. The molecule has 0 radical (unpaired) electrons. The molecule has 1 aliphatic rings. The summed E-state index contributed by atoms with van der Waals surface area (Å²) < 4.78 is 13.3. The van der Waals surface area contributed by atoms with E-state index in [1.807, 2.05) is 30.3 Å². The summed E-state index contributed by atoms with van der Waals surface area (Å²) in [6, 6.07) is 20.6. The van der Waals surface area contributed by atoms with Crippen molar-refractivity contribution in [1.82, 2.24) is 19.9 Å². The number of piperidine rings is 1. The van der Waals surface area contributed by atoms with E-state index in [2.05, 4.69) is 22.4 Å². The zero-order chi connectivity index (χ0) is 25.8. The average molecular weight is 521 g/mol. The van der Waals surface area contributed by atoms with Gasteiger partial charge in [0.05, 0.1) is 42.1 Å². The summed E-state index contributed by atoms with van der Waals surface area (Å²) in [4.78, 5) is 25.3. The number of rotatable bonds is 7. The molecule has 0 saturated carbocycles. The lowest BCUT2D eigenvalue weighted by Crippen LogP contribution is -2.48. The van der Waals surface area contributed by atoms with E-state index in [0.717, 1.165) is 16.3 Å². The van der Waals surface area contributed by atoms with Crippen molar-refractivity contribution in [1.29, 1.82) is 0 Å². The fourth-order valence-corrected chi connectivity index (χ4v) is 4.67. The van der Waals surface area contributed by atoms with Crippen molar-refractivity contribution in [2.45, 2.75) is 31.8 Å². The number of halogens is 1. The molecule has 1 saturated heterocycles. The number of fused-ring (bicyclic) bond motifs is 1. The molecule has 37 heavy (non-hydrogen) atoms. The van der Waals surface area contributed by atoms with Gasteiger partial charge in [0.2, 0.25) is 0 Å². The number of carbonyl (C=O) groups excluding carboxylic acids is 1. The van der Waals surface area contributed by atoms with E-state index in [-0.39, 0.29) is 24.8 Å². The molecule has 1 amide bonds. The highest BCUT2D eigenvalue weighted by atomic mass is 35.5. The van der Waals surface area contributed by atoms with Gasteiger partial charge in [0.25, 0.3) is 0 Å². The molecular formula is C27H25ClN4O5. The quantitative estimate of drug-likeness (QED) is 0.343. The third-order valence-electron chi connectivity index (χ3n) is 6.42. The molecule has 9 nitrogen and oxygen atoms in total. The van der Waals surface area contributed by atoms with Crippen LogP contribution in [0.4, 0.5) is 4.79 Å². The molecule has 190 valence electrons. The number of hydrogen-bond acceptors (Lipinski definition) is 6. The lowest BCUT2D eigenvalue weighted by atomic mass is 10.0. The highest BCUT2D eigenvalue weighted by molar-refractivity contribution is 6.33. The van der Waals surface area contributed by atoms with Gasteiger partial charge in [-0.1, -0.05) is 65.3 Å². The van der Waals surface area contributed by atoms with Gasteiger partial charge in [0.1, 0.15) is 12.3 Å². The van der Waals surface area contributed by atoms with Crippen LogP contribution in [-0.2, 0) is 22.7 Å². The maximum atomic E-state index is 12.4. The van der Waals surface area contributed by atoms with E-state index >= 15 is 0 Å². The number of esters is 1. The van der Waals surface area contributed by atoms with Gasteiger partial charge >= 0.3 is 12.1 Å². The minimum atomic E-state index is -0.983. The molecule has 5 rings (SSSR count). The predicted octanol–water partition coefficient (Wildman–Crippen LogP) is 4.95.